The number of hydrogen-bond acceptors (Lipinski definition) is 1. The third kappa shape index (κ3) is 2.28. The van der Waals surface area contributed by atoms with Crippen LogP contribution in [-0.4, -0.2) is 19.6 Å². The Hall–Kier alpha value is -0.530. The Balaban J connectivity index is 2.98. The molecule has 2 heteroatoms. The second-order valence-corrected chi connectivity index (χ2v) is 3.83. The third-order valence-corrected chi connectivity index (χ3v) is 3.25. The Morgan fingerprint density at radius 2 is 1.93 bits per heavy atom. The van der Waals surface area contributed by atoms with Gasteiger partial charge in [-0.25, -0.2) is 0 Å². The highest BCUT2D eigenvalue weighted by Gasteiger charge is 2.29. The van der Waals surface area contributed by atoms with Crippen LogP contribution >= 0.6 is 11.6 Å². The number of ether oxygens (including phenoxy) is 1. The third-order valence-electron chi connectivity index (χ3n) is 2.74. The van der Waals surface area contributed by atoms with E-state index in [0.29, 0.717) is 12.5 Å². The lowest BCUT2D eigenvalue weighted by molar-refractivity contribution is 0.137. The van der Waals surface area contributed by atoms with Gasteiger partial charge < -0.3 is 4.74 Å². The van der Waals surface area contributed by atoms with E-state index < -0.39 is 0 Å². The summed E-state index contributed by atoms with van der Waals surface area (Å²) in [5, 5.41) is 0. The summed E-state index contributed by atoms with van der Waals surface area (Å²) in [7, 11) is 1.72. The van der Waals surface area contributed by atoms with Gasteiger partial charge in [0.1, 0.15) is 0 Å². The predicted molar refractivity (Wildman–Crippen MR) is 61.0 cm³/mol. The molecular formula is C12H17ClO. The van der Waals surface area contributed by atoms with Crippen LogP contribution in [0.4, 0.5) is 0 Å². The zero-order valence-electron chi connectivity index (χ0n) is 8.79. The minimum Gasteiger partial charge on any atom is -0.384 e. The van der Waals surface area contributed by atoms with E-state index in [-0.39, 0.29) is 5.41 Å². The number of benzene rings is 1. The molecule has 0 saturated heterocycles. The summed E-state index contributed by atoms with van der Waals surface area (Å²) in [4.78, 5) is 0. The van der Waals surface area contributed by atoms with Crippen molar-refractivity contribution in [1.82, 2.24) is 0 Å². The van der Waals surface area contributed by atoms with E-state index in [1.165, 1.54) is 5.56 Å². The molecule has 0 radical (unpaired) electrons. The van der Waals surface area contributed by atoms with Crippen LogP contribution in [0.1, 0.15) is 18.9 Å². The minimum absolute atomic E-state index is 0.0302. The molecule has 0 aliphatic heterocycles. The first-order valence-corrected chi connectivity index (χ1v) is 5.43. The summed E-state index contributed by atoms with van der Waals surface area (Å²) < 4.78 is 5.26. The van der Waals surface area contributed by atoms with Crippen molar-refractivity contribution in [2.24, 2.45) is 0 Å². The van der Waals surface area contributed by atoms with Crippen LogP contribution in [0.5, 0.6) is 0 Å². The topological polar surface area (TPSA) is 9.23 Å². The van der Waals surface area contributed by atoms with Gasteiger partial charge in [-0.05, 0) is 12.0 Å². The van der Waals surface area contributed by atoms with Crippen LogP contribution in [-0.2, 0) is 10.2 Å². The average molecular weight is 213 g/mol. The SMILES string of the molecule is CCC(CCl)(COC)c1ccccc1. The molecule has 0 heterocycles. The van der Waals surface area contributed by atoms with Gasteiger partial charge >= 0.3 is 0 Å². The monoisotopic (exact) mass is 212 g/mol. The lowest BCUT2D eigenvalue weighted by Gasteiger charge is -2.30. The van der Waals surface area contributed by atoms with E-state index in [1.54, 1.807) is 7.11 Å². The summed E-state index contributed by atoms with van der Waals surface area (Å²) >= 11 is 6.06. The Morgan fingerprint density at radius 3 is 2.36 bits per heavy atom. The second kappa shape index (κ2) is 5.38. The van der Waals surface area contributed by atoms with E-state index in [2.05, 4.69) is 19.1 Å². The van der Waals surface area contributed by atoms with Crippen LogP contribution in [0.25, 0.3) is 0 Å². The number of alkyl halides is 1. The van der Waals surface area contributed by atoms with E-state index in [9.17, 15) is 0 Å². The van der Waals surface area contributed by atoms with Crippen molar-refractivity contribution in [2.45, 2.75) is 18.8 Å². The summed E-state index contributed by atoms with van der Waals surface area (Å²) in [6, 6.07) is 10.3. The number of methoxy groups -OCH3 is 1. The Morgan fingerprint density at radius 1 is 1.29 bits per heavy atom. The highest BCUT2D eigenvalue weighted by atomic mass is 35.5. The zero-order chi connectivity index (χ0) is 10.4. The van der Waals surface area contributed by atoms with Crippen molar-refractivity contribution in [3.8, 4) is 0 Å². The molecule has 0 spiro atoms. The maximum atomic E-state index is 6.06. The summed E-state index contributed by atoms with van der Waals surface area (Å²) in [6.07, 6.45) is 0.994. The molecule has 0 aromatic heterocycles. The zero-order valence-corrected chi connectivity index (χ0v) is 9.55. The molecule has 0 bridgehead atoms. The van der Waals surface area contributed by atoms with Gasteiger partial charge in [-0.2, -0.15) is 0 Å². The van der Waals surface area contributed by atoms with Crippen LogP contribution < -0.4 is 0 Å². The standard InChI is InChI=1S/C12H17ClO/c1-3-12(9-13,10-14-2)11-7-5-4-6-8-11/h4-8H,3,9-10H2,1-2H3. The molecule has 1 aromatic rings. The van der Waals surface area contributed by atoms with Crippen molar-refractivity contribution < 1.29 is 4.74 Å². The van der Waals surface area contributed by atoms with Crippen LogP contribution in [0.15, 0.2) is 30.3 Å². The normalized spacial score (nSPS) is 15.1. The number of hydrogen-bond donors (Lipinski definition) is 0. The maximum absolute atomic E-state index is 6.06. The van der Waals surface area contributed by atoms with Crippen molar-refractivity contribution in [2.75, 3.05) is 19.6 Å². The van der Waals surface area contributed by atoms with Crippen LogP contribution in [0, 0.1) is 0 Å². The van der Waals surface area contributed by atoms with Gasteiger partial charge in [0.25, 0.3) is 0 Å². The Labute approximate surface area is 91.0 Å². The highest BCUT2D eigenvalue weighted by molar-refractivity contribution is 6.18. The maximum Gasteiger partial charge on any atom is 0.0570 e. The summed E-state index contributed by atoms with van der Waals surface area (Å²) in [5.74, 6) is 0.599. The van der Waals surface area contributed by atoms with E-state index in [4.69, 9.17) is 16.3 Å². The first-order valence-electron chi connectivity index (χ1n) is 4.89. The molecule has 1 atom stereocenters. The quantitative estimate of drug-likeness (QED) is 0.681. The minimum atomic E-state index is -0.0302. The largest absolute Gasteiger partial charge is 0.384 e. The average Bonchev–Trinajstić information content (AvgIpc) is 2.27. The van der Waals surface area contributed by atoms with E-state index in [0.717, 1.165) is 6.42 Å². The molecule has 0 N–H and O–H groups in total. The fraction of sp³-hybridized carbons (Fsp3) is 0.500. The van der Waals surface area contributed by atoms with Gasteiger partial charge in [-0.1, -0.05) is 37.3 Å². The lowest BCUT2D eigenvalue weighted by Crippen LogP contribution is -2.32. The summed E-state index contributed by atoms with van der Waals surface area (Å²) in [5.41, 5.74) is 1.23. The molecule has 1 aromatic carbocycles. The molecule has 0 fully saturated rings. The smallest absolute Gasteiger partial charge is 0.0570 e. The Bertz CT molecular complexity index is 254. The fourth-order valence-electron chi connectivity index (χ4n) is 1.67. The highest BCUT2D eigenvalue weighted by Crippen LogP contribution is 2.29. The predicted octanol–water partition coefficient (Wildman–Crippen LogP) is 3.22. The molecule has 1 nitrogen and oxygen atoms in total. The van der Waals surface area contributed by atoms with E-state index in [1.807, 2.05) is 18.2 Å². The molecule has 14 heavy (non-hydrogen) atoms. The lowest BCUT2D eigenvalue weighted by atomic mass is 9.81. The van der Waals surface area contributed by atoms with Gasteiger partial charge in [-0.15, -0.1) is 11.6 Å². The van der Waals surface area contributed by atoms with Crippen molar-refractivity contribution in [3.63, 3.8) is 0 Å². The van der Waals surface area contributed by atoms with Gasteiger partial charge in [0.05, 0.1) is 6.61 Å². The van der Waals surface area contributed by atoms with Gasteiger partial charge in [0, 0.05) is 18.4 Å². The molecule has 0 amide bonds. The van der Waals surface area contributed by atoms with Crippen molar-refractivity contribution >= 4 is 11.6 Å². The van der Waals surface area contributed by atoms with Gasteiger partial charge in [0.2, 0.25) is 0 Å². The molecule has 78 valence electrons. The molecular weight excluding hydrogens is 196 g/mol. The number of halogens is 1. The molecule has 0 aliphatic rings. The first-order chi connectivity index (χ1) is 6.79. The van der Waals surface area contributed by atoms with Crippen LogP contribution in [0.2, 0.25) is 0 Å². The van der Waals surface area contributed by atoms with E-state index >= 15 is 0 Å². The van der Waals surface area contributed by atoms with Crippen molar-refractivity contribution in [3.05, 3.63) is 35.9 Å². The second-order valence-electron chi connectivity index (χ2n) is 3.57. The number of rotatable bonds is 5. The first kappa shape index (κ1) is 11.5. The molecule has 1 rings (SSSR count). The molecule has 1 unspecified atom stereocenters. The van der Waals surface area contributed by atoms with Gasteiger partial charge in [0.15, 0.2) is 0 Å². The van der Waals surface area contributed by atoms with Crippen LogP contribution in [0.3, 0.4) is 0 Å². The Kier molecular flexibility index (Phi) is 4.43. The van der Waals surface area contributed by atoms with Gasteiger partial charge in [-0.3, -0.25) is 0 Å². The summed E-state index contributed by atoms with van der Waals surface area (Å²) in [6.45, 7) is 2.82. The fourth-order valence-corrected chi connectivity index (χ4v) is 2.09. The molecule has 0 saturated carbocycles. The van der Waals surface area contributed by atoms with Crippen molar-refractivity contribution in [1.29, 1.82) is 0 Å². The molecule has 0 aliphatic carbocycles.